The van der Waals surface area contributed by atoms with E-state index in [0.717, 1.165) is 30.9 Å². The monoisotopic (exact) mass is 412 g/mol. The Labute approximate surface area is 177 Å². The lowest BCUT2D eigenvalue weighted by Crippen LogP contribution is -2.56. The van der Waals surface area contributed by atoms with Gasteiger partial charge in [-0.05, 0) is 48.7 Å². The third-order valence-electron chi connectivity index (χ3n) is 7.01. The summed E-state index contributed by atoms with van der Waals surface area (Å²) in [5, 5.41) is 10.3. The molecule has 0 aromatic carbocycles. The van der Waals surface area contributed by atoms with E-state index in [0.29, 0.717) is 19.4 Å². The number of hydrogen-bond acceptors (Lipinski definition) is 4. The first-order valence-corrected chi connectivity index (χ1v) is 11.1. The maximum atomic E-state index is 12.8. The third-order valence-corrected chi connectivity index (χ3v) is 7.01. The number of imidazole rings is 1. The highest BCUT2D eigenvalue weighted by molar-refractivity contribution is 5.88. The van der Waals surface area contributed by atoms with Crippen molar-refractivity contribution >= 4 is 17.8 Å². The van der Waals surface area contributed by atoms with E-state index in [1.165, 1.54) is 5.57 Å². The molecule has 0 spiro atoms. The molecule has 1 saturated carbocycles. The van der Waals surface area contributed by atoms with Crippen molar-refractivity contribution in [3.63, 3.8) is 0 Å². The highest BCUT2D eigenvalue weighted by atomic mass is 16.3. The molecule has 1 amide bonds. The molecule has 4 heterocycles. The summed E-state index contributed by atoms with van der Waals surface area (Å²) in [6.45, 7) is 8.14. The minimum Gasteiger partial charge on any atom is -0.380 e. The molecule has 7 heteroatoms. The van der Waals surface area contributed by atoms with Gasteiger partial charge in [-0.15, -0.1) is 0 Å². The standard InChI is InChI=1S/C23H32N4O3/c1-22(2,3)13-27-18(8-7-17-19(27)25(4)21(29)24-17)16-11-15-6-5-14(16)12-26(15)20(28)23(30)9-10-23/h7-8,11,14-15,18,30H,5-6,9-10,12-13H2,1-4H3,(H,24,29). The SMILES string of the molecule is Cn1c2c([nH]c1=O)C=CC(C1=CC3CCC1CN3C(=O)C1(O)CC1)N2CC(C)(C)C. The molecule has 3 unspecified atom stereocenters. The van der Waals surface area contributed by atoms with Crippen molar-refractivity contribution < 1.29 is 9.90 Å². The molecule has 162 valence electrons. The van der Waals surface area contributed by atoms with Gasteiger partial charge in [0.2, 0.25) is 0 Å². The van der Waals surface area contributed by atoms with Crippen LogP contribution in [0.15, 0.2) is 22.5 Å². The van der Waals surface area contributed by atoms with Gasteiger partial charge < -0.3 is 19.9 Å². The number of nitrogens with zero attached hydrogens (tertiary/aromatic N) is 3. The molecule has 1 aromatic rings. The van der Waals surface area contributed by atoms with Crippen LogP contribution in [0.25, 0.3) is 6.08 Å². The van der Waals surface area contributed by atoms with Gasteiger partial charge >= 0.3 is 5.69 Å². The van der Waals surface area contributed by atoms with Crippen LogP contribution in [-0.2, 0) is 11.8 Å². The largest absolute Gasteiger partial charge is 0.380 e. The first-order chi connectivity index (χ1) is 14.1. The van der Waals surface area contributed by atoms with Gasteiger partial charge in [0.05, 0.1) is 17.8 Å². The van der Waals surface area contributed by atoms with Gasteiger partial charge in [-0.1, -0.05) is 32.9 Å². The molecular weight excluding hydrogens is 380 g/mol. The Hall–Kier alpha value is -2.28. The molecule has 0 radical (unpaired) electrons. The van der Waals surface area contributed by atoms with Gasteiger partial charge in [-0.2, -0.15) is 0 Å². The number of piperidine rings is 1. The number of amides is 1. The second-order valence-electron chi connectivity index (χ2n) is 10.7. The Morgan fingerprint density at radius 3 is 2.63 bits per heavy atom. The van der Waals surface area contributed by atoms with Crippen molar-refractivity contribution in [2.75, 3.05) is 18.0 Å². The van der Waals surface area contributed by atoms with Crippen molar-refractivity contribution in [2.24, 2.45) is 18.4 Å². The molecule has 7 nitrogen and oxygen atoms in total. The average molecular weight is 413 g/mol. The van der Waals surface area contributed by atoms with E-state index in [-0.39, 0.29) is 35.0 Å². The molecule has 5 aliphatic rings. The van der Waals surface area contributed by atoms with Crippen LogP contribution in [0.4, 0.5) is 5.82 Å². The Bertz CT molecular complexity index is 1000. The summed E-state index contributed by atoms with van der Waals surface area (Å²) >= 11 is 0. The van der Waals surface area contributed by atoms with Gasteiger partial charge in [0, 0.05) is 20.1 Å². The van der Waals surface area contributed by atoms with Crippen LogP contribution in [0.2, 0.25) is 0 Å². The number of anilines is 1. The smallest absolute Gasteiger partial charge is 0.327 e. The van der Waals surface area contributed by atoms with Crippen molar-refractivity contribution in [3.05, 3.63) is 33.9 Å². The van der Waals surface area contributed by atoms with Crippen molar-refractivity contribution in [2.45, 2.75) is 64.1 Å². The van der Waals surface area contributed by atoms with Crippen LogP contribution in [0.5, 0.6) is 0 Å². The fraction of sp³-hybridized carbons (Fsp3) is 0.652. The van der Waals surface area contributed by atoms with E-state index in [1.807, 2.05) is 18.0 Å². The lowest BCUT2D eigenvalue weighted by Gasteiger charge is -2.49. The first kappa shape index (κ1) is 19.7. The summed E-state index contributed by atoms with van der Waals surface area (Å²) in [7, 11) is 1.82. The number of carbonyl (C=O) groups is 1. The van der Waals surface area contributed by atoms with Gasteiger partial charge in [0.25, 0.3) is 5.91 Å². The van der Waals surface area contributed by atoms with Crippen LogP contribution >= 0.6 is 0 Å². The predicted octanol–water partition coefficient (Wildman–Crippen LogP) is 2.03. The molecule has 2 bridgehead atoms. The van der Waals surface area contributed by atoms with E-state index >= 15 is 0 Å². The van der Waals surface area contributed by atoms with Crippen molar-refractivity contribution in [1.29, 1.82) is 0 Å². The Balaban J connectivity index is 1.50. The van der Waals surface area contributed by atoms with Gasteiger partial charge in [-0.25, -0.2) is 4.79 Å². The summed E-state index contributed by atoms with van der Waals surface area (Å²) in [5.74, 6) is 1.13. The van der Waals surface area contributed by atoms with Crippen LogP contribution in [0.3, 0.4) is 0 Å². The molecular formula is C23H32N4O3. The zero-order valence-electron chi connectivity index (χ0n) is 18.3. The number of aromatic amines is 1. The van der Waals surface area contributed by atoms with Gasteiger partial charge in [0.1, 0.15) is 11.4 Å². The number of hydrogen-bond donors (Lipinski definition) is 2. The molecule has 2 N–H and O–H groups in total. The summed E-state index contributed by atoms with van der Waals surface area (Å²) in [6.07, 6.45) is 9.68. The number of H-pyrrole nitrogens is 1. The zero-order valence-corrected chi connectivity index (χ0v) is 18.3. The van der Waals surface area contributed by atoms with Crippen LogP contribution in [0.1, 0.15) is 52.1 Å². The van der Waals surface area contributed by atoms with Gasteiger partial charge in [-0.3, -0.25) is 9.36 Å². The number of carbonyl (C=O) groups excluding carboxylic acids is 1. The molecule has 3 aliphatic heterocycles. The molecule has 1 aromatic heterocycles. The fourth-order valence-electron chi connectivity index (χ4n) is 5.36. The highest BCUT2D eigenvalue weighted by Gasteiger charge is 2.53. The average Bonchev–Trinajstić information content (AvgIpc) is 3.37. The third kappa shape index (κ3) is 3.06. The second kappa shape index (κ2) is 6.36. The number of aliphatic hydroxyl groups is 1. The van der Waals surface area contributed by atoms with E-state index in [4.69, 9.17) is 0 Å². The number of nitrogens with one attached hydrogen (secondary N) is 1. The zero-order chi connectivity index (χ0) is 21.4. The molecule has 2 fully saturated rings. The van der Waals surface area contributed by atoms with Gasteiger partial charge in [0.15, 0.2) is 0 Å². The predicted molar refractivity (Wildman–Crippen MR) is 116 cm³/mol. The minimum absolute atomic E-state index is 0.0551. The second-order valence-corrected chi connectivity index (χ2v) is 10.7. The first-order valence-electron chi connectivity index (χ1n) is 11.1. The van der Waals surface area contributed by atoms with E-state index in [1.54, 1.807) is 4.57 Å². The van der Waals surface area contributed by atoms with E-state index in [2.05, 4.69) is 42.8 Å². The molecule has 30 heavy (non-hydrogen) atoms. The molecule has 1 saturated heterocycles. The van der Waals surface area contributed by atoms with Crippen molar-refractivity contribution in [1.82, 2.24) is 14.5 Å². The summed E-state index contributed by atoms with van der Waals surface area (Å²) in [5.41, 5.74) is 1.06. The number of rotatable bonds is 3. The highest BCUT2D eigenvalue weighted by Crippen LogP contribution is 2.44. The Morgan fingerprint density at radius 2 is 2.03 bits per heavy atom. The van der Waals surface area contributed by atoms with Crippen LogP contribution in [0, 0.1) is 11.3 Å². The van der Waals surface area contributed by atoms with Crippen LogP contribution < -0.4 is 10.6 Å². The normalized spacial score (nSPS) is 29.1. The lowest BCUT2D eigenvalue weighted by atomic mass is 9.75. The fourth-order valence-corrected chi connectivity index (χ4v) is 5.36. The molecule has 6 rings (SSSR count). The van der Waals surface area contributed by atoms with Crippen molar-refractivity contribution in [3.8, 4) is 0 Å². The summed E-state index contributed by atoms with van der Waals surface area (Å²) in [6, 6.07) is 0.135. The lowest BCUT2D eigenvalue weighted by molar-refractivity contribution is -0.146. The minimum atomic E-state index is -1.10. The Kier molecular flexibility index (Phi) is 4.17. The summed E-state index contributed by atoms with van der Waals surface area (Å²) < 4.78 is 1.71. The number of aromatic nitrogens is 2. The molecule has 2 aliphatic carbocycles. The van der Waals surface area contributed by atoms with Crippen LogP contribution in [-0.4, -0.2) is 56.2 Å². The quantitative estimate of drug-likeness (QED) is 0.745. The molecule has 3 atom stereocenters. The van der Waals surface area contributed by atoms with E-state index in [9.17, 15) is 14.7 Å². The topological polar surface area (TPSA) is 81.6 Å². The van der Waals surface area contributed by atoms with E-state index < -0.39 is 5.60 Å². The number of fused-ring (bicyclic) bond motifs is 3. The Morgan fingerprint density at radius 1 is 1.30 bits per heavy atom. The maximum absolute atomic E-state index is 12.8. The summed E-state index contributed by atoms with van der Waals surface area (Å²) in [4.78, 5) is 32.3. The maximum Gasteiger partial charge on any atom is 0.327 e.